The molecular formula is C80H73BF6N6O13. The molecule has 0 unspecified atom stereocenters. The second kappa shape index (κ2) is 37.8. The minimum Gasteiger partial charge on any atom is -0.508 e. The molecular weight excluding hydrogens is 1380 g/mol. The summed E-state index contributed by atoms with van der Waals surface area (Å²) in [5.74, 6) is 1.53. The first kappa shape index (κ1) is 80.4. The summed E-state index contributed by atoms with van der Waals surface area (Å²) < 4.78 is 108. The second-order valence-electron chi connectivity index (χ2n) is 23.1. The Hall–Kier alpha value is -12.9. The molecule has 26 heteroatoms. The average molecular weight is 1450 g/mol. The van der Waals surface area contributed by atoms with E-state index in [9.17, 15) is 50.6 Å². The monoisotopic (exact) mass is 1450 g/mol. The number of halogens is 6. The molecule has 0 aliphatic rings. The number of aromatic nitrogens is 4. The highest BCUT2D eigenvalue weighted by Crippen LogP contribution is 2.36. The third-order valence-corrected chi connectivity index (χ3v) is 14.9. The molecule has 0 aliphatic heterocycles. The number of carbonyl (C=O) groups excluding carboxylic acids is 3. The van der Waals surface area contributed by atoms with Gasteiger partial charge in [-0.05, 0) is 191 Å². The molecule has 1 amide bonds. The van der Waals surface area contributed by atoms with Crippen molar-refractivity contribution in [1.82, 2.24) is 19.1 Å². The quantitative estimate of drug-likeness (QED) is 0.0256. The van der Waals surface area contributed by atoms with E-state index in [4.69, 9.17) is 35.1 Å². The molecule has 7 N–H and O–H groups in total. The Kier molecular flexibility index (Phi) is 28.7. The van der Waals surface area contributed by atoms with Crippen LogP contribution in [-0.2, 0) is 21.8 Å². The number of aromatic hydroxyl groups is 1. The highest BCUT2D eigenvalue weighted by Gasteiger charge is 2.33. The van der Waals surface area contributed by atoms with Crippen LogP contribution >= 0.6 is 0 Å². The Morgan fingerprint density at radius 2 is 0.821 bits per heavy atom. The number of hydrogen-bond acceptors (Lipinski definition) is 15. The highest BCUT2D eigenvalue weighted by atomic mass is 19.4. The van der Waals surface area contributed by atoms with Crippen LogP contribution in [0.15, 0.2) is 256 Å². The van der Waals surface area contributed by atoms with E-state index in [1.54, 1.807) is 124 Å². The standard InChI is InChI=1S/C25H20F3N3O2.C15H14O3.C14H12O3.C11H10F3N3.C9H10O3.C6H7BO2/c1-16-8-9-18(10-23(16)33-22-6-4-3-5-7-22)24(32)30-20-11-19(25(26,27)28)12-21(13-20)31-14-17(2)29-15-31;1-11-8-9-12(15(16)17-2)10-14(11)18-13-6-4-3-5-7-13;1-10-7-8-11(14(15)16)9-13(10)17-12-5-3-2-4-6-12;1-7-5-17(6-16-7)10-3-8(11(12,13)14)2-9(15)4-10;1-6-3-4-7(5-8(6)10)9(11)12-2;8-7(9)6-4-2-1-3-5-6/h3-15H,1-2H3,(H,30,32);3-10H,1-2H3;2-9H,1H3,(H,15,16);2-6H,15H2,1H3;3-5,10H,1-2H3;1-5,8-9H. The number of esters is 2. The topological polar surface area (TPSA) is 269 Å². The summed E-state index contributed by atoms with van der Waals surface area (Å²) in [6.45, 7) is 10.9. The average Bonchev–Trinajstić information content (AvgIpc) is 1.39. The zero-order valence-corrected chi connectivity index (χ0v) is 58.4. The van der Waals surface area contributed by atoms with E-state index in [2.05, 4.69) is 24.8 Å². The number of ether oxygens (including phenoxy) is 5. The minimum atomic E-state index is -4.58. The van der Waals surface area contributed by atoms with E-state index in [0.717, 1.165) is 58.0 Å². The molecule has 0 aliphatic carbocycles. The summed E-state index contributed by atoms with van der Waals surface area (Å²) in [5.41, 5.74) is 11.1. The van der Waals surface area contributed by atoms with Crippen molar-refractivity contribution in [3.63, 3.8) is 0 Å². The van der Waals surface area contributed by atoms with Gasteiger partial charge in [0.2, 0.25) is 0 Å². The largest absolute Gasteiger partial charge is 0.508 e. The maximum Gasteiger partial charge on any atom is 0.488 e. The number of carboxylic acid groups (broad SMARTS) is 1. The molecule has 0 fully saturated rings. The van der Waals surface area contributed by atoms with Gasteiger partial charge in [-0.2, -0.15) is 26.3 Å². The van der Waals surface area contributed by atoms with E-state index in [0.29, 0.717) is 56.7 Å². The summed E-state index contributed by atoms with van der Waals surface area (Å²) in [5, 5.41) is 37.9. The van der Waals surface area contributed by atoms with Crippen LogP contribution in [0.3, 0.4) is 0 Å². The number of phenolic OH excluding ortho intramolecular Hbond substituents is 1. The Labute approximate surface area is 607 Å². The van der Waals surface area contributed by atoms with E-state index in [-0.39, 0.29) is 39.9 Å². The number of aryl methyl sites for hydroxylation is 6. The summed E-state index contributed by atoms with van der Waals surface area (Å²) >= 11 is 0. The van der Waals surface area contributed by atoms with Crippen molar-refractivity contribution in [3.05, 3.63) is 323 Å². The lowest BCUT2D eigenvalue weighted by Gasteiger charge is -2.14. The Morgan fingerprint density at radius 3 is 1.20 bits per heavy atom. The molecule has 0 saturated heterocycles. The zero-order valence-electron chi connectivity index (χ0n) is 58.4. The normalized spacial score (nSPS) is 10.5. The summed E-state index contributed by atoms with van der Waals surface area (Å²) in [7, 11) is 1.32. The van der Waals surface area contributed by atoms with Gasteiger partial charge in [0.25, 0.3) is 5.91 Å². The van der Waals surface area contributed by atoms with Gasteiger partial charge in [-0.15, -0.1) is 0 Å². The van der Waals surface area contributed by atoms with E-state index < -0.39 is 48.4 Å². The molecule has 106 heavy (non-hydrogen) atoms. The van der Waals surface area contributed by atoms with E-state index in [1.807, 2.05) is 112 Å². The molecule has 0 radical (unpaired) electrons. The van der Waals surface area contributed by atoms with Gasteiger partial charge < -0.3 is 64.1 Å². The fourth-order valence-corrected chi connectivity index (χ4v) is 9.25. The number of nitrogens with zero attached hydrogens (tertiary/aromatic N) is 4. The van der Waals surface area contributed by atoms with Crippen LogP contribution in [-0.4, -0.2) is 84.5 Å². The maximum absolute atomic E-state index is 13.5. The summed E-state index contributed by atoms with van der Waals surface area (Å²) in [4.78, 5) is 54.1. The maximum atomic E-state index is 13.5. The molecule has 0 atom stereocenters. The van der Waals surface area contributed by atoms with Crippen molar-refractivity contribution >= 4 is 47.8 Å². The van der Waals surface area contributed by atoms with Gasteiger partial charge in [-0.1, -0.05) is 109 Å². The van der Waals surface area contributed by atoms with Crippen molar-refractivity contribution in [2.24, 2.45) is 0 Å². The third-order valence-electron chi connectivity index (χ3n) is 14.9. The molecule has 12 rings (SSSR count). The number of nitrogens with two attached hydrogens (primary N) is 1. The summed E-state index contributed by atoms with van der Waals surface area (Å²) in [6.07, 6.45) is -2.87. The van der Waals surface area contributed by atoms with Crippen molar-refractivity contribution in [2.45, 2.75) is 53.9 Å². The van der Waals surface area contributed by atoms with E-state index >= 15 is 0 Å². The first-order chi connectivity index (χ1) is 50.4. The number of amides is 1. The van der Waals surface area contributed by atoms with Gasteiger partial charge in [0.05, 0.1) is 66.1 Å². The van der Waals surface area contributed by atoms with Gasteiger partial charge in [0.15, 0.2) is 0 Å². The van der Waals surface area contributed by atoms with Crippen LogP contribution in [0.1, 0.15) is 86.2 Å². The molecule has 2 heterocycles. The lowest BCUT2D eigenvalue weighted by molar-refractivity contribution is -0.138. The highest BCUT2D eigenvalue weighted by molar-refractivity contribution is 6.58. The number of rotatable bonds is 14. The van der Waals surface area contributed by atoms with Crippen LogP contribution in [0, 0.1) is 41.5 Å². The predicted molar refractivity (Wildman–Crippen MR) is 391 cm³/mol. The molecule has 0 spiro atoms. The smallest absolute Gasteiger partial charge is 0.488 e. The van der Waals surface area contributed by atoms with Crippen molar-refractivity contribution in [3.8, 4) is 51.6 Å². The van der Waals surface area contributed by atoms with Crippen LogP contribution < -0.4 is 30.7 Å². The number of para-hydroxylation sites is 3. The van der Waals surface area contributed by atoms with Crippen molar-refractivity contribution < 1.29 is 89.5 Å². The number of anilines is 2. The number of carbonyl (C=O) groups is 4. The number of phenols is 1. The van der Waals surface area contributed by atoms with Crippen LogP contribution in [0.2, 0.25) is 0 Å². The Morgan fingerprint density at radius 1 is 0.453 bits per heavy atom. The Balaban J connectivity index is 0.000000187. The predicted octanol–water partition coefficient (Wildman–Crippen LogP) is 17.2. The van der Waals surface area contributed by atoms with Crippen LogP contribution in [0.5, 0.6) is 40.2 Å². The fraction of sp³-hybridized carbons (Fsp3) is 0.125. The number of alkyl halides is 6. The number of imidazole rings is 2. The second-order valence-corrected chi connectivity index (χ2v) is 23.1. The van der Waals surface area contributed by atoms with Crippen LogP contribution in [0.25, 0.3) is 11.4 Å². The van der Waals surface area contributed by atoms with Gasteiger partial charge >= 0.3 is 37.4 Å². The number of aromatic carboxylic acids is 1. The number of methoxy groups -OCH3 is 2. The number of nitrogen functional groups attached to an aromatic ring is 1. The Bertz CT molecular complexity index is 4910. The van der Waals surface area contributed by atoms with Crippen LogP contribution in [0.4, 0.5) is 37.7 Å². The zero-order chi connectivity index (χ0) is 77.3. The van der Waals surface area contributed by atoms with Crippen molar-refractivity contribution in [2.75, 3.05) is 25.3 Å². The molecule has 0 saturated carbocycles. The van der Waals surface area contributed by atoms with Gasteiger partial charge in [0, 0.05) is 40.7 Å². The number of benzene rings is 10. The first-order valence-corrected chi connectivity index (χ1v) is 32.0. The summed E-state index contributed by atoms with van der Waals surface area (Å²) in [6, 6.07) is 62.9. The van der Waals surface area contributed by atoms with E-state index in [1.165, 1.54) is 60.3 Å². The third kappa shape index (κ3) is 24.7. The fourth-order valence-electron chi connectivity index (χ4n) is 9.25. The molecule has 2 aromatic heterocycles. The number of carboxylic acids is 1. The molecule has 19 nitrogen and oxygen atoms in total. The molecule has 10 aromatic carbocycles. The SMILES string of the molecule is COC(=O)c1ccc(C)c(O)c1.COC(=O)c1ccc(C)c(Oc2ccccc2)c1.Cc1ccc(C(=O)O)cc1Oc1ccccc1.Cc1cn(-c2cc(N)cc(C(F)(F)F)c2)cn1.Cc1cn(-c2cc(NC(=O)c3ccc(C)c(Oc4ccccc4)c3)cc(C(F)(F)F)c2)cn1.OB(O)c1ccccc1. The first-order valence-electron chi connectivity index (χ1n) is 32.0. The lowest BCUT2D eigenvalue weighted by atomic mass is 9.81. The molecule has 0 bridgehead atoms. The lowest BCUT2D eigenvalue weighted by Crippen LogP contribution is -2.29. The van der Waals surface area contributed by atoms with Crippen molar-refractivity contribution in [1.29, 1.82) is 0 Å². The molecule has 12 aromatic rings. The van der Waals surface area contributed by atoms with Gasteiger partial charge in [-0.3, -0.25) is 4.79 Å². The number of hydrogen-bond donors (Lipinski definition) is 6. The molecule has 546 valence electrons. The van der Waals surface area contributed by atoms with Gasteiger partial charge in [0.1, 0.15) is 40.2 Å². The van der Waals surface area contributed by atoms with Gasteiger partial charge in [-0.25, -0.2) is 24.4 Å². The number of nitrogens with one attached hydrogen (secondary N) is 1. The minimum absolute atomic E-state index is 0.0160.